The molecule has 0 amide bonds. The predicted molar refractivity (Wildman–Crippen MR) is 82.7 cm³/mol. The molecule has 98 valence electrons. The molecule has 0 saturated heterocycles. The van der Waals surface area contributed by atoms with E-state index in [2.05, 4.69) is 65.6 Å². The minimum atomic E-state index is 0.892. The molecular formula is C19H17N. The summed E-state index contributed by atoms with van der Waals surface area (Å²) in [5.41, 5.74) is 5.13. The fourth-order valence-corrected chi connectivity index (χ4v) is 2.39. The zero-order valence-electron chi connectivity index (χ0n) is 11.4. The van der Waals surface area contributed by atoms with Gasteiger partial charge in [-0.05, 0) is 35.2 Å². The Morgan fingerprint density at radius 3 is 2.05 bits per heavy atom. The first-order valence-electron chi connectivity index (χ1n) is 6.92. The van der Waals surface area contributed by atoms with Crippen LogP contribution in [0, 0.1) is 0 Å². The van der Waals surface area contributed by atoms with Crippen LogP contribution in [0.3, 0.4) is 0 Å². The van der Waals surface area contributed by atoms with Crippen molar-refractivity contribution in [2.45, 2.75) is 12.8 Å². The van der Waals surface area contributed by atoms with Gasteiger partial charge in [-0.1, -0.05) is 60.7 Å². The van der Waals surface area contributed by atoms with Crippen LogP contribution in [0.2, 0.25) is 0 Å². The van der Waals surface area contributed by atoms with Gasteiger partial charge >= 0.3 is 0 Å². The van der Waals surface area contributed by atoms with Crippen molar-refractivity contribution in [3.63, 3.8) is 0 Å². The molecule has 0 bridgehead atoms. The maximum Gasteiger partial charge on any atom is 0.0447 e. The van der Waals surface area contributed by atoms with Gasteiger partial charge in [-0.3, -0.25) is 4.98 Å². The number of hydrogen-bond acceptors (Lipinski definition) is 1. The molecule has 0 atom stereocenters. The summed E-state index contributed by atoms with van der Waals surface area (Å²) in [6.07, 6.45) is 3.73. The van der Waals surface area contributed by atoms with E-state index in [0.29, 0.717) is 0 Å². The van der Waals surface area contributed by atoms with E-state index in [-0.39, 0.29) is 0 Å². The molecule has 0 aliphatic carbocycles. The van der Waals surface area contributed by atoms with Crippen molar-refractivity contribution in [3.8, 4) is 0 Å². The highest BCUT2D eigenvalue weighted by atomic mass is 14.7. The molecule has 3 rings (SSSR count). The van der Waals surface area contributed by atoms with E-state index in [1.54, 1.807) is 0 Å². The normalized spacial score (nSPS) is 10.4. The standard InChI is InChI=1S/C19H17N/c1-2-7-16(8-3-1)13-17-9-6-10-18(14-17)15-19-11-4-5-12-20-19/h1-12,14H,13,15H2. The zero-order valence-corrected chi connectivity index (χ0v) is 11.4. The van der Waals surface area contributed by atoms with E-state index in [9.17, 15) is 0 Å². The first kappa shape index (κ1) is 12.6. The number of rotatable bonds is 4. The lowest BCUT2D eigenvalue weighted by Gasteiger charge is -2.05. The lowest BCUT2D eigenvalue weighted by molar-refractivity contribution is 1.06. The van der Waals surface area contributed by atoms with Gasteiger partial charge in [-0.15, -0.1) is 0 Å². The van der Waals surface area contributed by atoms with Gasteiger partial charge in [0.25, 0.3) is 0 Å². The van der Waals surface area contributed by atoms with Gasteiger partial charge in [0.2, 0.25) is 0 Å². The average Bonchev–Trinajstić information content (AvgIpc) is 2.50. The topological polar surface area (TPSA) is 12.9 Å². The third-order valence-electron chi connectivity index (χ3n) is 3.35. The number of pyridine rings is 1. The van der Waals surface area contributed by atoms with Crippen molar-refractivity contribution in [1.82, 2.24) is 4.98 Å². The molecule has 0 fully saturated rings. The molecule has 0 saturated carbocycles. The second kappa shape index (κ2) is 6.16. The van der Waals surface area contributed by atoms with Crippen LogP contribution in [-0.2, 0) is 12.8 Å². The largest absolute Gasteiger partial charge is 0.261 e. The summed E-state index contributed by atoms with van der Waals surface area (Å²) in [6, 6.07) is 25.4. The number of benzene rings is 2. The lowest BCUT2D eigenvalue weighted by atomic mass is 10.0. The van der Waals surface area contributed by atoms with Crippen molar-refractivity contribution in [2.75, 3.05) is 0 Å². The summed E-state index contributed by atoms with van der Waals surface area (Å²) in [5.74, 6) is 0. The molecule has 1 heteroatoms. The molecule has 0 spiro atoms. The Morgan fingerprint density at radius 2 is 1.30 bits per heavy atom. The molecule has 1 aromatic heterocycles. The van der Waals surface area contributed by atoms with E-state index in [4.69, 9.17) is 0 Å². The monoisotopic (exact) mass is 259 g/mol. The maximum absolute atomic E-state index is 4.39. The predicted octanol–water partition coefficient (Wildman–Crippen LogP) is 4.26. The molecule has 3 aromatic rings. The van der Waals surface area contributed by atoms with Crippen molar-refractivity contribution < 1.29 is 0 Å². The minimum Gasteiger partial charge on any atom is -0.261 e. The van der Waals surface area contributed by atoms with Crippen LogP contribution in [0.5, 0.6) is 0 Å². The van der Waals surface area contributed by atoms with E-state index in [1.807, 2.05) is 18.3 Å². The van der Waals surface area contributed by atoms with Gasteiger partial charge in [-0.2, -0.15) is 0 Å². The summed E-state index contributed by atoms with van der Waals surface area (Å²) in [7, 11) is 0. The second-order valence-corrected chi connectivity index (χ2v) is 4.98. The summed E-state index contributed by atoms with van der Waals surface area (Å²) >= 11 is 0. The van der Waals surface area contributed by atoms with Crippen LogP contribution in [0.15, 0.2) is 79.0 Å². The van der Waals surface area contributed by atoms with Crippen molar-refractivity contribution in [3.05, 3.63) is 101 Å². The quantitative estimate of drug-likeness (QED) is 0.682. The highest BCUT2D eigenvalue weighted by Gasteiger charge is 2.00. The van der Waals surface area contributed by atoms with Crippen LogP contribution >= 0.6 is 0 Å². The van der Waals surface area contributed by atoms with Crippen LogP contribution in [0.1, 0.15) is 22.4 Å². The van der Waals surface area contributed by atoms with Gasteiger partial charge < -0.3 is 0 Å². The summed E-state index contributed by atoms with van der Waals surface area (Å²) < 4.78 is 0. The number of aromatic nitrogens is 1. The molecule has 1 nitrogen and oxygen atoms in total. The fourth-order valence-electron chi connectivity index (χ4n) is 2.39. The first-order chi connectivity index (χ1) is 9.90. The van der Waals surface area contributed by atoms with Gasteiger partial charge in [0, 0.05) is 18.3 Å². The van der Waals surface area contributed by atoms with Gasteiger partial charge in [0.1, 0.15) is 0 Å². The van der Waals surface area contributed by atoms with Crippen LogP contribution in [0.4, 0.5) is 0 Å². The van der Waals surface area contributed by atoms with Crippen LogP contribution < -0.4 is 0 Å². The second-order valence-electron chi connectivity index (χ2n) is 4.98. The lowest BCUT2D eigenvalue weighted by Crippen LogP contribution is -1.94. The van der Waals surface area contributed by atoms with E-state index in [1.165, 1.54) is 16.7 Å². The number of hydrogen-bond donors (Lipinski definition) is 0. The molecule has 0 N–H and O–H groups in total. The summed E-state index contributed by atoms with van der Waals surface area (Å²) in [4.78, 5) is 4.39. The summed E-state index contributed by atoms with van der Waals surface area (Å²) in [6.45, 7) is 0. The molecule has 2 aromatic carbocycles. The van der Waals surface area contributed by atoms with Crippen LogP contribution in [0.25, 0.3) is 0 Å². The Labute approximate surface area is 119 Å². The molecule has 0 radical (unpaired) electrons. The Hall–Kier alpha value is -2.41. The number of nitrogens with zero attached hydrogens (tertiary/aromatic N) is 1. The average molecular weight is 259 g/mol. The molecule has 0 aliphatic rings. The molecule has 0 unspecified atom stereocenters. The molecular weight excluding hydrogens is 242 g/mol. The van der Waals surface area contributed by atoms with Crippen molar-refractivity contribution in [2.24, 2.45) is 0 Å². The zero-order chi connectivity index (χ0) is 13.6. The Balaban J connectivity index is 1.76. The Kier molecular flexibility index (Phi) is 3.88. The van der Waals surface area contributed by atoms with Crippen LogP contribution in [-0.4, -0.2) is 4.98 Å². The van der Waals surface area contributed by atoms with E-state index < -0.39 is 0 Å². The van der Waals surface area contributed by atoms with Gasteiger partial charge in [0.05, 0.1) is 0 Å². The molecule has 20 heavy (non-hydrogen) atoms. The van der Waals surface area contributed by atoms with E-state index in [0.717, 1.165) is 18.5 Å². The molecule has 0 aliphatic heterocycles. The van der Waals surface area contributed by atoms with Gasteiger partial charge in [0.15, 0.2) is 0 Å². The van der Waals surface area contributed by atoms with Crippen molar-refractivity contribution >= 4 is 0 Å². The maximum atomic E-state index is 4.39. The SMILES string of the molecule is c1ccc(Cc2cccc(Cc3ccccn3)c2)cc1. The highest BCUT2D eigenvalue weighted by Crippen LogP contribution is 2.13. The summed E-state index contributed by atoms with van der Waals surface area (Å²) in [5, 5.41) is 0. The third-order valence-corrected chi connectivity index (χ3v) is 3.35. The Morgan fingerprint density at radius 1 is 0.600 bits per heavy atom. The molecule has 1 heterocycles. The van der Waals surface area contributed by atoms with Gasteiger partial charge in [-0.25, -0.2) is 0 Å². The fraction of sp³-hybridized carbons (Fsp3) is 0.105. The van der Waals surface area contributed by atoms with E-state index >= 15 is 0 Å². The minimum absolute atomic E-state index is 0.892. The smallest absolute Gasteiger partial charge is 0.0447 e. The van der Waals surface area contributed by atoms with Crippen molar-refractivity contribution in [1.29, 1.82) is 0 Å². The Bertz CT molecular complexity index is 603. The third kappa shape index (κ3) is 3.33. The first-order valence-corrected chi connectivity index (χ1v) is 6.92. The highest BCUT2D eigenvalue weighted by molar-refractivity contribution is 5.31.